The van der Waals surface area contributed by atoms with Crippen LogP contribution >= 0.6 is 11.6 Å². The number of piperazine rings is 1. The fourth-order valence-electron chi connectivity index (χ4n) is 2.60. The number of rotatable bonds is 3. The van der Waals surface area contributed by atoms with Crippen LogP contribution in [0.2, 0.25) is 5.02 Å². The van der Waals surface area contributed by atoms with Gasteiger partial charge in [-0.2, -0.15) is 5.10 Å². The summed E-state index contributed by atoms with van der Waals surface area (Å²) in [6, 6.07) is 3.74. The summed E-state index contributed by atoms with van der Waals surface area (Å²) < 4.78 is 6.47. The van der Waals surface area contributed by atoms with Crippen LogP contribution < -0.4 is 20.1 Å². The minimum absolute atomic E-state index is 0.218. The van der Waals surface area contributed by atoms with Gasteiger partial charge in [-0.3, -0.25) is 4.79 Å². The molecule has 23 heavy (non-hydrogen) atoms. The highest BCUT2D eigenvalue weighted by Gasteiger charge is 2.21. The molecule has 0 aliphatic carbocycles. The minimum Gasteiger partial charge on any atom is -0.497 e. The van der Waals surface area contributed by atoms with E-state index in [9.17, 15) is 4.79 Å². The molecule has 0 spiro atoms. The van der Waals surface area contributed by atoms with E-state index in [-0.39, 0.29) is 10.6 Å². The first-order valence-electron chi connectivity index (χ1n) is 7.32. The van der Waals surface area contributed by atoms with Crippen molar-refractivity contribution < 1.29 is 4.74 Å². The summed E-state index contributed by atoms with van der Waals surface area (Å²) in [4.78, 5) is 20.5. The van der Waals surface area contributed by atoms with Gasteiger partial charge in [0.05, 0.1) is 19.0 Å². The maximum Gasteiger partial charge on any atom is 0.287 e. The zero-order valence-electron chi connectivity index (χ0n) is 13.1. The Bertz CT molecular complexity index is 756. The molecule has 0 radical (unpaired) electrons. The first kappa shape index (κ1) is 15.6. The Morgan fingerprint density at radius 3 is 2.61 bits per heavy atom. The summed E-state index contributed by atoms with van der Waals surface area (Å²) >= 11 is 6.17. The Labute approximate surface area is 139 Å². The van der Waals surface area contributed by atoms with Crippen molar-refractivity contribution in [3.63, 3.8) is 0 Å². The zero-order valence-corrected chi connectivity index (χ0v) is 13.8. The minimum atomic E-state index is -0.277. The molecule has 0 amide bonds. The number of pyridine rings is 1. The molecule has 1 aliphatic heterocycles. The predicted octanol–water partition coefficient (Wildman–Crippen LogP) is 1.16. The first-order valence-corrected chi connectivity index (χ1v) is 7.69. The highest BCUT2D eigenvalue weighted by atomic mass is 35.5. The quantitative estimate of drug-likeness (QED) is 0.839. The van der Waals surface area contributed by atoms with Gasteiger partial charge in [-0.05, 0) is 6.07 Å². The number of aryl methyl sites for hydroxylation is 1. The molecule has 3 rings (SSSR count). The summed E-state index contributed by atoms with van der Waals surface area (Å²) in [7, 11) is 3.23. The molecule has 2 aromatic heterocycles. The summed E-state index contributed by atoms with van der Waals surface area (Å²) in [5, 5.41) is 4.27. The van der Waals surface area contributed by atoms with Crippen molar-refractivity contribution in [3.05, 3.63) is 39.9 Å². The number of ether oxygens (including phenoxy) is 1. The summed E-state index contributed by atoms with van der Waals surface area (Å²) in [5.41, 5.74) is 0.411. The lowest BCUT2D eigenvalue weighted by atomic mass is 10.2. The number of anilines is 2. The average molecular weight is 336 g/mol. The van der Waals surface area contributed by atoms with Crippen LogP contribution in [-0.4, -0.2) is 48.1 Å². The van der Waals surface area contributed by atoms with Crippen molar-refractivity contribution in [2.45, 2.75) is 0 Å². The number of hydrogen-bond acceptors (Lipinski definition) is 6. The molecule has 0 unspecified atom stereocenters. The van der Waals surface area contributed by atoms with E-state index in [1.54, 1.807) is 26.6 Å². The third kappa shape index (κ3) is 3.10. The smallest absolute Gasteiger partial charge is 0.287 e. The second-order valence-electron chi connectivity index (χ2n) is 5.30. The number of nitrogens with zero attached hydrogens (tertiary/aromatic N) is 5. The van der Waals surface area contributed by atoms with E-state index in [1.165, 1.54) is 4.68 Å². The zero-order chi connectivity index (χ0) is 16.4. The van der Waals surface area contributed by atoms with Gasteiger partial charge in [0.2, 0.25) is 0 Å². The fraction of sp³-hybridized carbons (Fsp3) is 0.400. The van der Waals surface area contributed by atoms with E-state index in [0.717, 1.165) is 37.7 Å². The second kappa shape index (κ2) is 6.45. The van der Waals surface area contributed by atoms with Gasteiger partial charge in [0.1, 0.15) is 16.6 Å². The molecular formula is C15H18ClN5O2. The maximum absolute atomic E-state index is 11.9. The van der Waals surface area contributed by atoms with Gasteiger partial charge in [-0.25, -0.2) is 9.67 Å². The molecule has 1 aliphatic rings. The van der Waals surface area contributed by atoms with Crippen molar-refractivity contribution >= 4 is 23.1 Å². The van der Waals surface area contributed by atoms with Gasteiger partial charge >= 0.3 is 0 Å². The van der Waals surface area contributed by atoms with Crippen molar-refractivity contribution in [2.24, 2.45) is 7.05 Å². The fourth-order valence-corrected chi connectivity index (χ4v) is 2.89. The number of hydrogen-bond donors (Lipinski definition) is 0. The molecule has 1 fully saturated rings. The van der Waals surface area contributed by atoms with Gasteiger partial charge in [-0.1, -0.05) is 11.6 Å². The van der Waals surface area contributed by atoms with E-state index < -0.39 is 0 Å². The van der Waals surface area contributed by atoms with E-state index in [1.807, 2.05) is 12.1 Å². The number of halogens is 1. The van der Waals surface area contributed by atoms with Crippen LogP contribution in [0.3, 0.4) is 0 Å². The van der Waals surface area contributed by atoms with Crippen LogP contribution in [-0.2, 0) is 7.05 Å². The first-order chi connectivity index (χ1) is 11.1. The predicted molar refractivity (Wildman–Crippen MR) is 89.7 cm³/mol. The lowest BCUT2D eigenvalue weighted by molar-refractivity contribution is 0.414. The summed E-state index contributed by atoms with van der Waals surface area (Å²) in [6.07, 6.45) is 3.38. The normalized spacial score (nSPS) is 14.9. The summed E-state index contributed by atoms with van der Waals surface area (Å²) in [6.45, 7) is 3.05. The number of methoxy groups -OCH3 is 1. The van der Waals surface area contributed by atoms with Crippen molar-refractivity contribution in [3.8, 4) is 5.75 Å². The molecular weight excluding hydrogens is 318 g/mol. The van der Waals surface area contributed by atoms with Gasteiger partial charge in [0.25, 0.3) is 5.56 Å². The van der Waals surface area contributed by atoms with Crippen LogP contribution in [0.25, 0.3) is 0 Å². The molecule has 0 bridgehead atoms. The topological polar surface area (TPSA) is 63.5 Å². The van der Waals surface area contributed by atoms with Crippen molar-refractivity contribution in [2.75, 3.05) is 43.1 Å². The van der Waals surface area contributed by atoms with Crippen LogP contribution in [0.1, 0.15) is 0 Å². The molecule has 2 aromatic rings. The van der Waals surface area contributed by atoms with Crippen LogP contribution in [0.15, 0.2) is 29.3 Å². The standard InChI is InChI=1S/C15H18ClN5O2/c1-19-15(22)14(16)12(10-18-19)20-5-7-21(8-6-20)13-9-11(23-2)3-4-17-13/h3-4,9-10H,5-8H2,1-2H3. The molecule has 1 saturated heterocycles. The van der Waals surface area contributed by atoms with E-state index in [2.05, 4.69) is 19.9 Å². The SMILES string of the molecule is COc1ccnc(N2CCN(c3cnn(C)c(=O)c3Cl)CC2)c1. The van der Waals surface area contributed by atoms with Crippen LogP contribution in [0.4, 0.5) is 11.5 Å². The van der Waals surface area contributed by atoms with Crippen LogP contribution in [0, 0.1) is 0 Å². The number of aromatic nitrogens is 3. The van der Waals surface area contributed by atoms with E-state index in [4.69, 9.17) is 16.3 Å². The maximum atomic E-state index is 11.9. The average Bonchev–Trinajstić information content (AvgIpc) is 2.60. The Morgan fingerprint density at radius 2 is 1.91 bits per heavy atom. The third-order valence-electron chi connectivity index (χ3n) is 3.96. The Hall–Kier alpha value is -2.28. The molecule has 122 valence electrons. The van der Waals surface area contributed by atoms with Crippen molar-refractivity contribution in [1.82, 2.24) is 14.8 Å². The lowest BCUT2D eigenvalue weighted by Crippen LogP contribution is -2.47. The molecule has 3 heterocycles. The summed E-state index contributed by atoms with van der Waals surface area (Å²) in [5.74, 6) is 1.67. The molecule has 0 atom stereocenters. The van der Waals surface area contributed by atoms with Crippen molar-refractivity contribution in [1.29, 1.82) is 0 Å². The van der Waals surface area contributed by atoms with Gasteiger partial charge in [0.15, 0.2) is 0 Å². The second-order valence-corrected chi connectivity index (χ2v) is 5.68. The Balaban J connectivity index is 1.73. The molecule has 8 heteroatoms. The Kier molecular flexibility index (Phi) is 4.38. The van der Waals surface area contributed by atoms with E-state index >= 15 is 0 Å². The van der Waals surface area contributed by atoms with Gasteiger partial charge < -0.3 is 14.5 Å². The van der Waals surface area contributed by atoms with Gasteiger partial charge in [-0.15, -0.1) is 0 Å². The molecule has 0 saturated carbocycles. The Morgan fingerprint density at radius 1 is 1.22 bits per heavy atom. The monoisotopic (exact) mass is 335 g/mol. The molecule has 0 aromatic carbocycles. The third-order valence-corrected chi connectivity index (χ3v) is 4.31. The molecule has 0 N–H and O–H groups in total. The largest absolute Gasteiger partial charge is 0.497 e. The lowest BCUT2D eigenvalue weighted by Gasteiger charge is -2.36. The van der Waals surface area contributed by atoms with Crippen LogP contribution in [0.5, 0.6) is 5.75 Å². The van der Waals surface area contributed by atoms with Gasteiger partial charge in [0, 0.05) is 45.5 Å². The highest BCUT2D eigenvalue weighted by molar-refractivity contribution is 6.33. The van der Waals surface area contributed by atoms with E-state index in [0.29, 0.717) is 5.69 Å². The molecule has 7 nitrogen and oxygen atoms in total. The highest BCUT2D eigenvalue weighted by Crippen LogP contribution is 2.24.